The van der Waals surface area contributed by atoms with Gasteiger partial charge in [-0.1, -0.05) is 164 Å². The first-order valence-corrected chi connectivity index (χ1v) is 18.8. The molecule has 0 amide bonds. The van der Waals surface area contributed by atoms with E-state index in [2.05, 4.69) is 60.7 Å². The maximum Gasteiger partial charge on any atom is 0.164 e. The summed E-state index contributed by atoms with van der Waals surface area (Å²) in [7, 11) is 0. The summed E-state index contributed by atoms with van der Waals surface area (Å²) in [6.07, 6.45) is 0. The molecule has 0 fully saturated rings. The molecule has 0 atom stereocenters. The molecule has 0 spiro atoms. The summed E-state index contributed by atoms with van der Waals surface area (Å²) in [5.41, 5.74) is 9.40. The molecule has 10 rings (SSSR count). The molecule has 0 aliphatic heterocycles. The van der Waals surface area contributed by atoms with E-state index in [1.54, 1.807) is 0 Å². The average Bonchev–Trinajstić information content (AvgIpc) is 3.69. The Bertz CT molecular complexity index is 3160. The van der Waals surface area contributed by atoms with Crippen molar-refractivity contribution in [1.82, 2.24) is 15.0 Å². The Morgan fingerprint density at radius 1 is 0.345 bits per heavy atom. The number of hydrogen-bond acceptors (Lipinski definition) is 4. The molecule has 10 aromatic rings. The van der Waals surface area contributed by atoms with Gasteiger partial charge in [0.05, 0.1) is 6.85 Å². The second kappa shape index (κ2) is 14.1. The van der Waals surface area contributed by atoms with Crippen LogP contribution in [0.1, 0.15) is 6.85 Å². The SMILES string of the molecule is [2H]c1c([2H])c([2H])c(-c2cc(-c3ccccc3)cc3c2sc2cc(-c4nc(-c5ccccc5)nc(-c5cc(-c6ccccc6)cc(-c6ccccc6)c5)n4)ccc23)c([2H])c1[2H]. The summed E-state index contributed by atoms with van der Waals surface area (Å²) in [6.45, 7) is 0. The van der Waals surface area contributed by atoms with Gasteiger partial charge in [0.2, 0.25) is 0 Å². The highest BCUT2D eigenvalue weighted by atomic mass is 32.1. The lowest BCUT2D eigenvalue weighted by molar-refractivity contribution is 1.07. The Morgan fingerprint density at radius 3 is 1.38 bits per heavy atom. The van der Waals surface area contributed by atoms with Gasteiger partial charge in [0.15, 0.2) is 17.5 Å². The van der Waals surface area contributed by atoms with Gasteiger partial charge in [-0.05, 0) is 75.3 Å². The third-order valence-electron chi connectivity index (χ3n) is 9.78. The second-order valence-electron chi connectivity index (χ2n) is 13.3. The zero-order valence-electron chi connectivity index (χ0n) is 34.4. The van der Waals surface area contributed by atoms with Gasteiger partial charge in [0.1, 0.15) is 0 Å². The molecule has 0 saturated heterocycles. The first kappa shape index (κ1) is 27.6. The Kier molecular flexibility index (Phi) is 7.06. The van der Waals surface area contributed by atoms with Gasteiger partial charge in [-0.25, -0.2) is 15.0 Å². The number of fused-ring (bicyclic) bond motifs is 3. The molecule has 0 saturated carbocycles. The van der Waals surface area contributed by atoms with Crippen molar-refractivity contribution in [2.45, 2.75) is 0 Å². The topological polar surface area (TPSA) is 38.7 Å². The molecule has 2 aromatic heterocycles. The zero-order valence-corrected chi connectivity index (χ0v) is 30.2. The van der Waals surface area contributed by atoms with Gasteiger partial charge in [-0.2, -0.15) is 0 Å². The van der Waals surface area contributed by atoms with Crippen LogP contribution in [0.2, 0.25) is 0 Å². The average molecular weight is 725 g/mol. The Labute approximate surface area is 331 Å². The number of nitrogens with zero attached hydrogens (tertiary/aromatic N) is 3. The van der Waals surface area contributed by atoms with E-state index in [1.165, 1.54) is 11.3 Å². The summed E-state index contributed by atoms with van der Waals surface area (Å²) in [5.74, 6) is 1.61. The maximum absolute atomic E-state index is 8.92. The van der Waals surface area contributed by atoms with Crippen LogP contribution >= 0.6 is 11.3 Å². The Hall–Kier alpha value is -7.01. The van der Waals surface area contributed by atoms with E-state index < -0.39 is 6.04 Å². The van der Waals surface area contributed by atoms with E-state index in [0.717, 1.165) is 70.2 Å². The van der Waals surface area contributed by atoms with Crippen molar-refractivity contribution in [3.8, 4) is 78.7 Å². The van der Waals surface area contributed by atoms with Crippen molar-refractivity contribution in [3.05, 3.63) is 200 Å². The van der Waals surface area contributed by atoms with E-state index >= 15 is 0 Å². The minimum absolute atomic E-state index is 0.178. The predicted molar refractivity (Wildman–Crippen MR) is 231 cm³/mol. The third-order valence-corrected chi connectivity index (χ3v) is 11.0. The molecule has 8 aromatic carbocycles. The molecule has 55 heavy (non-hydrogen) atoms. The number of thiophene rings is 1. The summed E-state index contributed by atoms with van der Waals surface area (Å²) < 4.78 is 44.9. The summed E-state index contributed by atoms with van der Waals surface area (Å²) in [6, 6.07) is 55.6. The maximum atomic E-state index is 8.92. The van der Waals surface area contributed by atoms with Crippen molar-refractivity contribution in [2.75, 3.05) is 0 Å². The fourth-order valence-corrected chi connectivity index (χ4v) is 8.33. The number of hydrogen-bond donors (Lipinski definition) is 0. The molecule has 0 unspecified atom stereocenters. The number of aromatic nitrogens is 3. The molecule has 258 valence electrons. The quantitative estimate of drug-likeness (QED) is 0.164. The second-order valence-corrected chi connectivity index (χ2v) is 14.3. The van der Waals surface area contributed by atoms with Gasteiger partial charge >= 0.3 is 0 Å². The van der Waals surface area contributed by atoms with Crippen LogP contribution in [0, 0.1) is 0 Å². The highest BCUT2D eigenvalue weighted by Crippen LogP contribution is 2.44. The lowest BCUT2D eigenvalue weighted by Crippen LogP contribution is -2.00. The van der Waals surface area contributed by atoms with Crippen LogP contribution in [0.15, 0.2) is 200 Å². The number of benzene rings is 8. The van der Waals surface area contributed by atoms with Gasteiger partial charge in [0, 0.05) is 42.4 Å². The highest BCUT2D eigenvalue weighted by molar-refractivity contribution is 7.26. The van der Waals surface area contributed by atoms with Gasteiger partial charge in [-0.3, -0.25) is 0 Å². The summed E-state index contributed by atoms with van der Waals surface area (Å²) in [4.78, 5) is 15.3. The standard InChI is InChI=1S/C51H33N3S/c1-6-16-34(17-7-1)40-28-41(35-18-8-2-9-19-35)30-43(29-40)51-53-49(38-24-14-5-15-25-38)52-50(54-51)39-26-27-44-46-32-42(36-20-10-3-11-21-36)31-45(37-22-12-4-13-23-37)48(46)55-47(44)33-39/h1-33H/i4D,12D,13D,22D,23D. The molecule has 0 bridgehead atoms. The molecular weight excluding hydrogens is 687 g/mol. The van der Waals surface area contributed by atoms with Gasteiger partial charge < -0.3 is 0 Å². The van der Waals surface area contributed by atoms with Crippen molar-refractivity contribution in [2.24, 2.45) is 0 Å². The van der Waals surface area contributed by atoms with Gasteiger partial charge in [0.25, 0.3) is 0 Å². The van der Waals surface area contributed by atoms with Crippen molar-refractivity contribution in [3.63, 3.8) is 0 Å². The monoisotopic (exact) mass is 724 g/mol. The normalized spacial score (nSPS) is 12.5. The Balaban J connectivity index is 1.19. The molecule has 0 N–H and O–H groups in total. The van der Waals surface area contributed by atoms with Crippen LogP contribution in [0.4, 0.5) is 0 Å². The summed E-state index contributed by atoms with van der Waals surface area (Å²) in [5, 5.41) is 1.91. The third kappa shape index (κ3) is 6.39. The van der Waals surface area contributed by atoms with Crippen molar-refractivity contribution < 1.29 is 6.85 Å². The largest absolute Gasteiger partial charge is 0.208 e. The van der Waals surface area contributed by atoms with E-state index in [4.69, 9.17) is 21.8 Å². The molecule has 2 heterocycles. The predicted octanol–water partition coefficient (Wildman–Crippen LogP) is 13.9. The van der Waals surface area contributed by atoms with Crippen LogP contribution in [0.3, 0.4) is 0 Å². The molecule has 4 heteroatoms. The molecule has 3 nitrogen and oxygen atoms in total. The van der Waals surface area contributed by atoms with Crippen LogP contribution in [-0.2, 0) is 0 Å². The van der Waals surface area contributed by atoms with E-state index in [-0.39, 0.29) is 29.7 Å². The fraction of sp³-hybridized carbons (Fsp3) is 0. The fourth-order valence-electron chi connectivity index (χ4n) is 7.09. The highest BCUT2D eigenvalue weighted by Gasteiger charge is 2.18. The van der Waals surface area contributed by atoms with E-state index in [1.807, 2.05) is 109 Å². The Morgan fingerprint density at radius 2 is 0.818 bits per heavy atom. The molecule has 0 aliphatic rings. The first-order chi connectivity index (χ1) is 29.3. The lowest BCUT2D eigenvalue weighted by atomic mass is 9.95. The summed E-state index contributed by atoms with van der Waals surface area (Å²) >= 11 is 1.52. The van der Waals surface area contributed by atoms with Crippen LogP contribution < -0.4 is 0 Å². The van der Waals surface area contributed by atoms with Crippen LogP contribution in [0.5, 0.6) is 0 Å². The van der Waals surface area contributed by atoms with E-state index in [0.29, 0.717) is 23.0 Å². The zero-order chi connectivity index (χ0) is 40.9. The lowest BCUT2D eigenvalue weighted by Gasteiger charge is -2.12. The van der Waals surface area contributed by atoms with Crippen molar-refractivity contribution >= 4 is 31.5 Å². The molecule has 0 radical (unpaired) electrons. The molecular formula is C51H33N3S. The van der Waals surface area contributed by atoms with Crippen LogP contribution in [0.25, 0.3) is 98.8 Å². The smallest absolute Gasteiger partial charge is 0.164 e. The molecule has 0 aliphatic carbocycles. The van der Waals surface area contributed by atoms with Crippen molar-refractivity contribution in [1.29, 1.82) is 0 Å². The van der Waals surface area contributed by atoms with Crippen LogP contribution in [-0.4, -0.2) is 15.0 Å². The van der Waals surface area contributed by atoms with Gasteiger partial charge in [-0.15, -0.1) is 11.3 Å². The first-order valence-electron chi connectivity index (χ1n) is 20.5. The minimum Gasteiger partial charge on any atom is -0.208 e. The minimum atomic E-state index is -0.417. The number of rotatable bonds is 7. The van der Waals surface area contributed by atoms with E-state index in [9.17, 15) is 0 Å².